The molecule has 3 fully saturated rings. The lowest BCUT2D eigenvalue weighted by Gasteiger charge is -2.45. The summed E-state index contributed by atoms with van der Waals surface area (Å²) >= 11 is 6.03. The molecule has 1 aromatic carbocycles. The van der Waals surface area contributed by atoms with E-state index in [-0.39, 0.29) is 16.4 Å². The Bertz CT molecular complexity index is 787. The third kappa shape index (κ3) is 3.42. The van der Waals surface area contributed by atoms with Crippen LogP contribution in [0.25, 0.3) is 0 Å². The maximum atomic E-state index is 13.4. The quantitative estimate of drug-likeness (QED) is 0.751. The first kappa shape index (κ1) is 19.3. The van der Waals surface area contributed by atoms with Crippen LogP contribution in [0.2, 0.25) is 5.02 Å². The molecule has 27 heavy (non-hydrogen) atoms. The van der Waals surface area contributed by atoms with Gasteiger partial charge in [-0.2, -0.15) is 0 Å². The Morgan fingerprint density at radius 3 is 2.11 bits per heavy atom. The van der Waals surface area contributed by atoms with Crippen molar-refractivity contribution in [2.75, 3.05) is 13.1 Å². The van der Waals surface area contributed by atoms with Gasteiger partial charge in [0, 0.05) is 18.1 Å². The summed E-state index contributed by atoms with van der Waals surface area (Å²) in [6.07, 6.45) is 8.50. The van der Waals surface area contributed by atoms with E-state index in [0.29, 0.717) is 18.1 Å². The maximum Gasteiger partial charge on any atom is 0.233 e. The summed E-state index contributed by atoms with van der Waals surface area (Å²) in [7, 11) is -3.12. The summed E-state index contributed by atoms with van der Waals surface area (Å²) in [4.78, 5) is 15.2. The zero-order valence-electron chi connectivity index (χ0n) is 15.7. The Balaban J connectivity index is 1.48. The Kier molecular flexibility index (Phi) is 5.28. The van der Waals surface area contributed by atoms with E-state index in [1.165, 1.54) is 0 Å². The van der Waals surface area contributed by atoms with E-state index in [9.17, 15) is 13.2 Å². The molecule has 2 saturated carbocycles. The van der Waals surface area contributed by atoms with Gasteiger partial charge in [-0.1, -0.05) is 55.8 Å². The van der Waals surface area contributed by atoms with Gasteiger partial charge in [0.2, 0.25) is 5.91 Å². The SMILES string of the molecule is O=C(N1CC(S(=O)(=O)C2CCCCC2)C1)C1(c2ccc(Cl)cc2)CCCC1. The van der Waals surface area contributed by atoms with Crippen LogP contribution in [0, 0.1) is 0 Å². The van der Waals surface area contributed by atoms with Crippen molar-refractivity contribution in [1.29, 1.82) is 0 Å². The topological polar surface area (TPSA) is 54.5 Å². The van der Waals surface area contributed by atoms with Crippen LogP contribution in [0.4, 0.5) is 0 Å². The molecule has 0 atom stereocenters. The summed E-state index contributed by atoms with van der Waals surface area (Å²) in [5, 5.41) is 0.111. The van der Waals surface area contributed by atoms with Gasteiger partial charge >= 0.3 is 0 Å². The fraction of sp³-hybridized carbons (Fsp3) is 0.667. The average Bonchev–Trinajstić information content (AvgIpc) is 3.12. The van der Waals surface area contributed by atoms with E-state index in [4.69, 9.17) is 11.6 Å². The molecule has 0 unspecified atom stereocenters. The first-order valence-electron chi connectivity index (χ1n) is 10.2. The molecule has 1 amide bonds. The number of amides is 1. The van der Waals surface area contributed by atoms with Gasteiger partial charge in [0.1, 0.15) is 0 Å². The number of sulfone groups is 1. The molecule has 1 heterocycles. The Labute approximate surface area is 167 Å². The van der Waals surface area contributed by atoms with E-state index in [2.05, 4.69) is 0 Å². The lowest BCUT2D eigenvalue weighted by molar-refractivity contribution is -0.140. The van der Waals surface area contributed by atoms with Crippen LogP contribution in [0.3, 0.4) is 0 Å². The van der Waals surface area contributed by atoms with E-state index in [1.807, 2.05) is 24.3 Å². The molecule has 1 saturated heterocycles. The molecule has 4 rings (SSSR count). The Morgan fingerprint density at radius 2 is 1.52 bits per heavy atom. The number of carbonyl (C=O) groups is 1. The molecular formula is C21H28ClNO3S. The zero-order chi connectivity index (χ0) is 19.1. The van der Waals surface area contributed by atoms with Crippen molar-refractivity contribution in [2.45, 2.75) is 73.7 Å². The fourth-order valence-electron chi connectivity index (χ4n) is 5.15. The molecule has 0 N–H and O–H groups in total. The Morgan fingerprint density at radius 1 is 0.926 bits per heavy atom. The summed E-state index contributed by atoms with van der Waals surface area (Å²) in [6.45, 7) is 0.736. The van der Waals surface area contributed by atoms with Crippen molar-refractivity contribution in [3.63, 3.8) is 0 Å². The molecule has 1 aliphatic heterocycles. The summed E-state index contributed by atoms with van der Waals surface area (Å²) in [5.74, 6) is 0.109. The van der Waals surface area contributed by atoms with Crippen molar-refractivity contribution in [2.24, 2.45) is 0 Å². The van der Waals surface area contributed by atoms with Gasteiger partial charge < -0.3 is 4.90 Å². The van der Waals surface area contributed by atoms with E-state index >= 15 is 0 Å². The molecule has 1 aromatic rings. The standard InChI is InChI=1S/C21H28ClNO3S/c22-17-10-8-16(9-11-17)21(12-4-5-13-21)20(24)23-14-19(15-23)27(25,26)18-6-2-1-3-7-18/h8-11,18-19H,1-7,12-15H2. The molecule has 0 bridgehead atoms. The molecule has 2 aliphatic carbocycles. The maximum absolute atomic E-state index is 13.4. The lowest BCUT2D eigenvalue weighted by atomic mass is 9.77. The Hall–Kier alpha value is -1.07. The van der Waals surface area contributed by atoms with Crippen LogP contribution in [0.15, 0.2) is 24.3 Å². The van der Waals surface area contributed by atoms with Crippen LogP contribution in [-0.2, 0) is 20.0 Å². The van der Waals surface area contributed by atoms with Gasteiger partial charge in [-0.3, -0.25) is 4.79 Å². The molecular weight excluding hydrogens is 382 g/mol. The predicted molar refractivity (Wildman–Crippen MR) is 108 cm³/mol. The predicted octanol–water partition coefficient (Wildman–Crippen LogP) is 4.11. The van der Waals surface area contributed by atoms with Gasteiger partial charge in [-0.05, 0) is 43.4 Å². The number of hydrogen-bond donors (Lipinski definition) is 0. The lowest BCUT2D eigenvalue weighted by Crippen LogP contribution is -2.62. The highest BCUT2D eigenvalue weighted by Crippen LogP contribution is 2.44. The van der Waals surface area contributed by atoms with Gasteiger partial charge in [0.15, 0.2) is 9.84 Å². The number of nitrogens with zero attached hydrogens (tertiary/aromatic N) is 1. The number of hydrogen-bond acceptors (Lipinski definition) is 3. The summed E-state index contributed by atoms with van der Waals surface area (Å²) in [5.41, 5.74) is 0.525. The number of carbonyl (C=O) groups excluding carboxylic acids is 1. The first-order valence-corrected chi connectivity index (χ1v) is 12.2. The van der Waals surface area contributed by atoms with Gasteiger partial charge in [0.25, 0.3) is 0 Å². The third-order valence-corrected chi connectivity index (χ3v) is 9.76. The number of rotatable bonds is 4. The molecule has 0 spiro atoms. The molecule has 3 aliphatic rings. The first-order chi connectivity index (χ1) is 12.9. The summed E-state index contributed by atoms with van der Waals surface area (Å²) in [6, 6.07) is 7.61. The second kappa shape index (κ2) is 7.40. The van der Waals surface area contributed by atoms with Gasteiger partial charge in [0.05, 0.1) is 15.9 Å². The minimum Gasteiger partial charge on any atom is -0.339 e. The van der Waals surface area contributed by atoms with Crippen LogP contribution in [0.1, 0.15) is 63.4 Å². The average molecular weight is 410 g/mol. The highest BCUT2D eigenvalue weighted by atomic mass is 35.5. The highest BCUT2D eigenvalue weighted by molar-refractivity contribution is 7.92. The molecule has 0 radical (unpaired) electrons. The van der Waals surface area contributed by atoms with Crippen LogP contribution in [0.5, 0.6) is 0 Å². The molecule has 4 nitrogen and oxygen atoms in total. The monoisotopic (exact) mass is 409 g/mol. The minimum absolute atomic E-state index is 0.109. The molecule has 148 valence electrons. The van der Waals surface area contributed by atoms with E-state index in [0.717, 1.165) is 63.4 Å². The molecule has 6 heteroatoms. The summed E-state index contributed by atoms with van der Waals surface area (Å²) < 4.78 is 25.8. The van der Waals surface area contributed by atoms with Crippen molar-refractivity contribution >= 4 is 27.3 Å². The van der Waals surface area contributed by atoms with Gasteiger partial charge in [-0.25, -0.2) is 8.42 Å². The van der Waals surface area contributed by atoms with Crippen molar-refractivity contribution < 1.29 is 13.2 Å². The smallest absolute Gasteiger partial charge is 0.233 e. The van der Waals surface area contributed by atoms with Crippen LogP contribution >= 0.6 is 11.6 Å². The van der Waals surface area contributed by atoms with Crippen LogP contribution < -0.4 is 0 Å². The fourth-order valence-corrected chi connectivity index (χ4v) is 7.59. The van der Waals surface area contributed by atoms with Crippen molar-refractivity contribution in [3.05, 3.63) is 34.9 Å². The largest absolute Gasteiger partial charge is 0.339 e. The number of benzene rings is 1. The van der Waals surface area contributed by atoms with E-state index < -0.39 is 15.3 Å². The third-order valence-electron chi connectivity index (χ3n) is 6.88. The van der Waals surface area contributed by atoms with Crippen LogP contribution in [-0.4, -0.2) is 42.8 Å². The normalized spacial score (nSPS) is 24.0. The number of likely N-dealkylation sites (tertiary alicyclic amines) is 1. The van der Waals surface area contributed by atoms with Gasteiger partial charge in [-0.15, -0.1) is 0 Å². The second-order valence-electron chi connectivity index (χ2n) is 8.48. The highest BCUT2D eigenvalue weighted by Gasteiger charge is 2.50. The zero-order valence-corrected chi connectivity index (χ0v) is 17.3. The number of halogens is 1. The van der Waals surface area contributed by atoms with Crippen molar-refractivity contribution in [1.82, 2.24) is 4.90 Å². The molecule has 0 aromatic heterocycles. The minimum atomic E-state index is -3.12. The second-order valence-corrected chi connectivity index (χ2v) is 11.4. The van der Waals surface area contributed by atoms with Crippen molar-refractivity contribution in [3.8, 4) is 0 Å². The van der Waals surface area contributed by atoms with E-state index in [1.54, 1.807) is 4.90 Å².